The molecule has 0 radical (unpaired) electrons. The van der Waals surface area contributed by atoms with Crippen LogP contribution < -0.4 is 0 Å². The van der Waals surface area contributed by atoms with E-state index >= 15 is 0 Å². The van der Waals surface area contributed by atoms with Crippen molar-refractivity contribution in [3.63, 3.8) is 0 Å². The number of rotatable bonds is 0. The van der Waals surface area contributed by atoms with Crippen molar-refractivity contribution in [1.29, 1.82) is 0 Å². The van der Waals surface area contributed by atoms with Crippen molar-refractivity contribution < 1.29 is 0 Å². The van der Waals surface area contributed by atoms with E-state index in [4.69, 9.17) is 4.98 Å². The molecule has 19 heavy (non-hydrogen) atoms. The molecule has 0 unspecified atom stereocenters. The Morgan fingerprint density at radius 2 is 2.05 bits per heavy atom. The zero-order valence-corrected chi connectivity index (χ0v) is 13.4. The molecule has 3 aromatic rings. The van der Waals surface area contributed by atoms with E-state index in [1.807, 2.05) is 0 Å². The van der Waals surface area contributed by atoms with E-state index in [2.05, 4.69) is 73.6 Å². The topological polar surface area (TPSA) is 17.3 Å². The Kier molecular flexibility index (Phi) is 2.42. The van der Waals surface area contributed by atoms with Gasteiger partial charge >= 0.3 is 0 Å². The predicted molar refractivity (Wildman–Crippen MR) is 83.6 cm³/mol. The molecule has 4 heteroatoms. The molecule has 1 aliphatic rings. The number of hydrogen-bond donors (Lipinski definition) is 0. The van der Waals surface area contributed by atoms with E-state index in [9.17, 15) is 0 Å². The summed E-state index contributed by atoms with van der Waals surface area (Å²) in [5.74, 6) is 0. The first kappa shape index (κ1) is 11.7. The smallest absolute Gasteiger partial charge is 0.138 e. The number of benzene rings is 1. The molecule has 0 aliphatic heterocycles. The van der Waals surface area contributed by atoms with E-state index in [1.54, 1.807) is 0 Å². The van der Waals surface area contributed by atoms with E-state index in [0.717, 1.165) is 22.2 Å². The Morgan fingerprint density at radius 3 is 2.89 bits per heavy atom. The predicted octanol–water partition coefficient (Wildman–Crippen LogP) is 4.74. The lowest BCUT2D eigenvalue weighted by molar-refractivity contribution is 1.04. The fraction of sp³-hybridized carbons (Fsp3) is 0.133. The number of aryl methyl sites for hydroxylation is 1. The zero-order valence-electron chi connectivity index (χ0n) is 10.2. The standard InChI is InChI=1S/C15H10Br2N2/c1-8-5-14-18-15-9-3-2-4-11(16)10(9)6-13(15)19(14)7-12(8)17/h2-5,7H,6H2,1H3. The van der Waals surface area contributed by atoms with Crippen LogP contribution in [0.3, 0.4) is 0 Å². The van der Waals surface area contributed by atoms with Crippen LogP contribution in [-0.2, 0) is 6.42 Å². The molecule has 0 amide bonds. The molecule has 1 aliphatic carbocycles. The summed E-state index contributed by atoms with van der Waals surface area (Å²) in [6, 6.07) is 8.45. The van der Waals surface area contributed by atoms with Crippen molar-refractivity contribution in [3.8, 4) is 11.3 Å². The highest BCUT2D eigenvalue weighted by Crippen LogP contribution is 2.40. The second-order valence-corrected chi connectivity index (χ2v) is 6.59. The summed E-state index contributed by atoms with van der Waals surface area (Å²) in [7, 11) is 0. The number of imidazole rings is 1. The molecular formula is C15H10Br2N2. The number of nitrogens with zero attached hydrogens (tertiary/aromatic N) is 2. The van der Waals surface area contributed by atoms with Crippen molar-refractivity contribution in [3.05, 3.63) is 56.2 Å². The van der Waals surface area contributed by atoms with E-state index < -0.39 is 0 Å². The molecule has 0 saturated carbocycles. The van der Waals surface area contributed by atoms with E-state index in [-0.39, 0.29) is 0 Å². The minimum Gasteiger partial charge on any atom is -0.302 e. The second-order valence-electron chi connectivity index (χ2n) is 4.88. The van der Waals surface area contributed by atoms with Gasteiger partial charge in [-0.25, -0.2) is 4.98 Å². The highest BCUT2D eigenvalue weighted by atomic mass is 79.9. The second kappa shape index (κ2) is 3.93. The summed E-state index contributed by atoms with van der Waals surface area (Å²) >= 11 is 7.24. The Labute approximate surface area is 127 Å². The third kappa shape index (κ3) is 1.56. The maximum Gasteiger partial charge on any atom is 0.138 e. The van der Waals surface area contributed by atoms with E-state index in [1.165, 1.54) is 26.9 Å². The zero-order chi connectivity index (χ0) is 13.1. The highest BCUT2D eigenvalue weighted by Gasteiger charge is 2.25. The van der Waals surface area contributed by atoms with Gasteiger partial charge in [0, 0.05) is 27.1 Å². The Hall–Kier alpha value is -1.13. The minimum atomic E-state index is 0.933. The van der Waals surface area contributed by atoms with Gasteiger partial charge in [0.2, 0.25) is 0 Å². The molecule has 0 spiro atoms. The maximum atomic E-state index is 4.80. The number of fused-ring (bicyclic) bond motifs is 5. The molecule has 2 aromatic heterocycles. The molecule has 94 valence electrons. The lowest BCUT2D eigenvalue weighted by Crippen LogP contribution is -1.93. The van der Waals surface area contributed by atoms with Crippen molar-refractivity contribution in [1.82, 2.24) is 9.38 Å². The Balaban J connectivity index is 2.07. The third-order valence-corrected chi connectivity index (χ3v) is 5.29. The van der Waals surface area contributed by atoms with Crippen molar-refractivity contribution >= 4 is 37.5 Å². The van der Waals surface area contributed by atoms with Crippen LogP contribution in [0.1, 0.15) is 16.8 Å². The molecular weight excluding hydrogens is 368 g/mol. The number of pyridine rings is 1. The Bertz CT molecular complexity index is 834. The quantitative estimate of drug-likeness (QED) is 0.432. The first-order chi connectivity index (χ1) is 9.15. The number of halogens is 2. The number of hydrogen-bond acceptors (Lipinski definition) is 1. The molecule has 0 bridgehead atoms. The largest absolute Gasteiger partial charge is 0.302 e. The molecule has 0 atom stereocenters. The van der Waals surface area contributed by atoms with Gasteiger partial charge in [0.1, 0.15) is 5.65 Å². The summed E-state index contributed by atoms with van der Waals surface area (Å²) in [6.45, 7) is 2.09. The lowest BCUT2D eigenvalue weighted by Gasteiger charge is -2.04. The van der Waals surface area contributed by atoms with Gasteiger partial charge in [-0.05, 0) is 46.1 Å². The van der Waals surface area contributed by atoms with Crippen molar-refractivity contribution in [2.75, 3.05) is 0 Å². The highest BCUT2D eigenvalue weighted by molar-refractivity contribution is 9.10. The average molecular weight is 378 g/mol. The fourth-order valence-electron chi connectivity index (χ4n) is 2.72. The third-order valence-electron chi connectivity index (χ3n) is 3.72. The fourth-order valence-corrected chi connectivity index (χ4v) is 3.55. The average Bonchev–Trinajstić information content (AvgIpc) is 2.89. The van der Waals surface area contributed by atoms with Gasteiger partial charge in [-0.1, -0.05) is 28.1 Å². The first-order valence-corrected chi connectivity index (χ1v) is 7.68. The molecule has 2 nitrogen and oxygen atoms in total. The van der Waals surface area contributed by atoms with Crippen LogP contribution in [0.2, 0.25) is 0 Å². The molecule has 4 rings (SSSR count). The molecule has 0 saturated heterocycles. The van der Waals surface area contributed by atoms with Gasteiger partial charge in [-0.3, -0.25) is 0 Å². The van der Waals surface area contributed by atoms with Gasteiger partial charge in [0.15, 0.2) is 0 Å². The van der Waals surface area contributed by atoms with Gasteiger partial charge in [-0.15, -0.1) is 0 Å². The van der Waals surface area contributed by atoms with Crippen LogP contribution in [-0.4, -0.2) is 9.38 Å². The molecule has 0 N–H and O–H groups in total. The number of aromatic nitrogens is 2. The maximum absolute atomic E-state index is 4.80. The van der Waals surface area contributed by atoms with Gasteiger partial charge in [-0.2, -0.15) is 0 Å². The summed E-state index contributed by atoms with van der Waals surface area (Å²) in [4.78, 5) is 4.80. The van der Waals surface area contributed by atoms with Crippen LogP contribution >= 0.6 is 31.9 Å². The summed E-state index contributed by atoms with van der Waals surface area (Å²) in [5.41, 5.74) is 7.22. The lowest BCUT2D eigenvalue weighted by atomic mass is 10.1. The van der Waals surface area contributed by atoms with Crippen molar-refractivity contribution in [2.45, 2.75) is 13.3 Å². The summed E-state index contributed by atoms with van der Waals surface area (Å²) in [5, 5.41) is 0. The normalized spacial score (nSPS) is 12.8. The SMILES string of the molecule is Cc1cc2nc3c(n2cc1Br)Cc1c(Br)cccc1-3. The van der Waals surface area contributed by atoms with Crippen molar-refractivity contribution in [2.24, 2.45) is 0 Å². The van der Waals surface area contributed by atoms with Gasteiger partial charge in [0.25, 0.3) is 0 Å². The Morgan fingerprint density at radius 1 is 1.21 bits per heavy atom. The van der Waals surface area contributed by atoms with Crippen LogP contribution in [0.5, 0.6) is 0 Å². The summed E-state index contributed by atoms with van der Waals surface area (Å²) < 4.78 is 4.48. The minimum absolute atomic E-state index is 0.933. The van der Waals surface area contributed by atoms with E-state index in [0.29, 0.717) is 0 Å². The molecule has 0 fully saturated rings. The van der Waals surface area contributed by atoms with Crippen LogP contribution in [0.25, 0.3) is 16.9 Å². The first-order valence-electron chi connectivity index (χ1n) is 6.10. The molecule has 2 heterocycles. The van der Waals surface area contributed by atoms with Gasteiger partial charge in [0.05, 0.1) is 11.4 Å². The van der Waals surface area contributed by atoms with Crippen LogP contribution in [0, 0.1) is 6.92 Å². The summed E-state index contributed by atoms with van der Waals surface area (Å²) in [6.07, 6.45) is 3.05. The van der Waals surface area contributed by atoms with Crippen LogP contribution in [0.4, 0.5) is 0 Å². The molecule has 1 aromatic carbocycles. The van der Waals surface area contributed by atoms with Crippen LogP contribution in [0.15, 0.2) is 39.4 Å². The van der Waals surface area contributed by atoms with Gasteiger partial charge < -0.3 is 4.40 Å². The monoisotopic (exact) mass is 376 g/mol.